The highest BCUT2D eigenvalue weighted by Crippen LogP contribution is 2.46. The van der Waals surface area contributed by atoms with Crippen molar-refractivity contribution in [3.63, 3.8) is 0 Å². The highest BCUT2D eigenvalue weighted by molar-refractivity contribution is 7.26. The molecule has 0 atom stereocenters. The Bertz CT molecular complexity index is 2080. The van der Waals surface area contributed by atoms with Crippen LogP contribution < -0.4 is 5.46 Å². The van der Waals surface area contributed by atoms with E-state index in [0.717, 1.165) is 5.46 Å². The third-order valence-corrected chi connectivity index (χ3v) is 11.0. The van der Waals surface area contributed by atoms with Crippen molar-refractivity contribution >= 4 is 86.4 Å². The fraction of sp³-hybridized carbons (Fsp3) is 0.176. The molecule has 1 fully saturated rings. The van der Waals surface area contributed by atoms with Crippen molar-refractivity contribution < 1.29 is 9.31 Å². The molecule has 0 spiro atoms. The van der Waals surface area contributed by atoms with Gasteiger partial charge in [0.1, 0.15) is 0 Å². The second-order valence-electron chi connectivity index (χ2n) is 11.6. The monoisotopic (exact) mass is 542 g/mol. The predicted molar refractivity (Wildman–Crippen MR) is 171 cm³/mol. The lowest BCUT2D eigenvalue weighted by molar-refractivity contribution is 0.00578. The zero-order chi connectivity index (χ0) is 26.5. The lowest BCUT2D eigenvalue weighted by atomic mass is 9.76. The Labute approximate surface area is 235 Å². The number of fused-ring (bicyclic) bond motifs is 7. The van der Waals surface area contributed by atoms with Crippen LogP contribution in [0.25, 0.3) is 62.2 Å². The SMILES string of the molecule is CC1(C)OB(c2cccc3sc4ccc(-c5c6ccccc6cc6sc7ccccc7c56)cc4c23)OC1(C)C. The Morgan fingerprint density at radius 1 is 0.564 bits per heavy atom. The summed E-state index contributed by atoms with van der Waals surface area (Å²) < 4.78 is 18.3. The van der Waals surface area contributed by atoms with Crippen LogP contribution >= 0.6 is 22.7 Å². The molecule has 2 nitrogen and oxygen atoms in total. The van der Waals surface area contributed by atoms with Crippen LogP contribution in [0.1, 0.15) is 27.7 Å². The normalized spacial score (nSPS) is 16.9. The van der Waals surface area contributed by atoms with Crippen LogP contribution in [-0.2, 0) is 9.31 Å². The van der Waals surface area contributed by atoms with Gasteiger partial charge in [0.25, 0.3) is 0 Å². The van der Waals surface area contributed by atoms with Gasteiger partial charge in [-0.1, -0.05) is 60.7 Å². The Kier molecular flexibility index (Phi) is 4.94. The zero-order valence-electron chi connectivity index (χ0n) is 22.4. The van der Waals surface area contributed by atoms with Crippen LogP contribution in [0.4, 0.5) is 0 Å². The van der Waals surface area contributed by atoms with E-state index in [2.05, 4.69) is 119 Å². The van der Waals surface area contributed by atoms with Crippen molar-refractivity contribution in [2.24, 2.45) is 0 Å². The molecule has 5 aromatic carbocycles. The van der Waals surface area contributed by atoms with E-state index in [4.69, 9.17) is 9.31 Å². The maximum atomic E-state index is 6.53. The van der Waals surface area contributed by atoms with Crippen molar-refractivity contribution in [3.05, 3.63) is 91.0 Å². The molecule has 1 saturated heterocycles. The Morgan fingerprint density at radius 2 is 1.23 bits per heavy atom. The molecule has 1 aliphatic rings. The quantitative estimate of drug-likeness (QED) is 0.203. The molecule has 8 rings (SSSR count). The first kappa shape index (κ1) is 23.7. The van der Waals surface area contributed by atoms with E-state index in [1.165, 1.54) is 62.2 Å². The van der Waals surface area contributed by atoms with Crippen LogP contribution in [0.5, 0.6) is 0 Å². The van der Waals surface area contributed by atoms with Crippen molar-refractivity contribution in [1.82, 2.24) is 0 Å². The topological polar surface area (TPSA) is 18.5 Å². The van der Waals surface area contributed by atoms with E-state index in [0.29, 0.717) is 0 Å². The first-order valence-corrected chi connectivity index (χ1v) is 15.1. The lowest BCUT2D eigenvalue weighted by Crippen LogP contribution is -2.41. The van der Waals surface area contributed by atoms with Gasteiger partial charge in [0.15, 0.2) is 0 Å². The molecule has 0 amide bonds. The van der Waals surface area contributed by atoms with E-state index < -0.39 is 7.12 Å². The molecular formula is C34H27BO2S2. The van der Waals surface area contributed by atoms with Gasteiger partial charge in [-0.2, -0.15) is 0 Å². The molecule has 0 N–H and O–H groups in total. The Morgan fingerprint density at radius 3 is 2.05 bits per heavy atom. The van der Waals surface area contributed by atoms with Crippen molar-refractivity contribution in [2.75, 3.05) is 0 Å². The fourth-order valence-corrected chi connectivity index (χ4v) is 8.31. The zero-order valence-corrected chi connectivity index (χ0v) is 24.0. The molecule has 2 aromatic heterocycles. The summed E-state index contributed by atoms with van der Waals surface area (Å²) in [7, 11) is -0.398. The first-order valence-electron chi connectivity index (χ1n) is 13.4. The standard InChI is InChI=1S/C34H27BO2S2/c1-33(2)34(3,4)37-35(36-33)25-13-9-15-28-31(25)24-18-21(16-17-27(24)38-28)30-22-11-6-5-10-20(22)19-29-32(30)23-12-7-8-14-26(23)39-29/h5-19H,1-4H3. The van der Waals surface area contributed by atoms with Gasteiger partial charge in [0.2, 0.25) is 0 Å². The van der Waals surface area contributed by atoms with E-state index in [1.54, 1.807) is 0 Å². The summed E-state index contributed by atoms with van der Waals surface area (Å²) in [5.74, 6) is 0. The summed E-state index contributed by atoms with van der Waals surface area (Å²) in [6, 6.07) is 33.5. The number of thiophene rings is 2. The van der Waals surface area contributed by atoms with E-state index >= 15 is 0 Å². The molecule has 5 heteroatoms. The van der Waals surface area contributed by atoms with Crippen molar-refractivity contribution in [2.45, 2.75) is 38.9 Å². The highest BCUT2D eigenvalue weighted by atomic mass is 32.1. The molecule has 39 heavy (non-hydrogen) atoms. The summed E-state index contributed by atoms with van der Waals surface area (Å²) in [5.41, 5.74) is 2.90. The average Bonchev–Trinajstić information content (AvgIpc) is 3.55. The molecule has 0 bridgehead atoms. The van der Waals surface area contributed by atoms with Crippen molar-refractivity contribution in [1.29, 1.82) is 0 Å². The summed E-state index contributed by atoms with van der Waals surface area (Å²) in [6.07, 6.45) is 0. The third kappa shape index (κ3) is 3.41. The van der Waals surface area contributed by atoms with Gasteiger partial charge in [0.05, 0.1) is 11.2 Å². The summed E-state index contributed by atoms with van der Waals surface area (Å²) >= 11 is 3.72. The molecule has 0 radical (unpaired) electrons. The summed E-state index contributed by atoms with van der Waals surface area (Å²) in [5, 5.41) is 7.74. The molecule has 0 saturated carbocycles. The molecule has 3 heterocycles. The van der Waals surface area contributed by atoms with Gasteiger partial charge >= 0.3 is 7.12 Å². The van der Waals surface area contributed by atoms with Gasteiger partial charge in [-0.05, 0) is 85.4 Å². The highest BCUT2D eigenvalue weighted by Gasteiger charge is 2.52. The van der Waals surface area contributed by atoms with Gasteiger partial charge in [0, 0.05) is 40.3 Å². The van der Waals surface area contributed by atoms with E-state index in [9.17, 15) is 0 Å². The van der Waals surface area contributed by atoms with Crippen LogP contribution in [0.2, 0.25) is 0 Å². The largest absolute Gasteiger partial charge is 0.495 e. The Hall–Kier alpha value is -3.22. The molecule has 7 aromatic rings. The van der Waals surface area contributed by atoms with Crippen LogP contribution in [-0.4, -0.2) is 18.3 Å². The average molecular weight is 543 g/mol. The second-order valence-corrected chi connectivity index (χ2v) is 13.7. The van der Waals surface area contributed by atoms with Crippen LogP contribution in [0.3, 0.4) is 0 Å². The minimum absolute atomic E-state index is 0.384. The molecule has 0 unspecified atom stereocenters. The lowest BCUT2D eigenvalue weighted by Gasteiger charge is -2.32. The summed E-state index contributed by atoms with van der Waals surface area (Å²) in [6.45, 7) is 8.48. The number of hydrogen-bond donors (Lipinski definition) is 0. The van der Waals surface area contributed by atoms with Gasteiger partial charge in [-0.25, -0.2) is 0 Å². The molecular weight excluding hydrogens is 515 g/mol. The Balaban J connectivity index is 1.43. The van der Waals surface area contributed by atoms with Gasteiger partial charge < -0.3 is 9.31 Å². The van der Waals surface area contributed by atoms with Gasteiger partial charge in [-0.15, -0.1) is 22.7 Å². The second kappa shape index (κ2) is 8.15. The fourth-order valence-electron chi connectivity index (χ4n) is 6.03. The maximum absolute atomic E-state index is 6.53. The van der Waals surface area contributed by atoms with Gasteiger partial charge in [-0.3, -0.25) is 0 Å². The maximum Gasteiger partial charge on any atom is 0.495 e. The molecule has 190 valence electrons. The minimum Gasteiger partial charge on any atom is -0.399 e. The number of rotatable bonds is 2. The van der Waals surface area contributed by atoms with E-state index in [-0.39, 0.29) is 11.2 Å². The first-order chi connectivity index (χ1) is 18.8. The third-order valence-electron chi connectivity index (χ3n) is 8.71. The summed E-state index contributed by atoms with van der Waals surface area (Å²) in [4.78, 5) is 0. The smallest absolute Gasteiger partial charge is 0.399 e. The predicted octanol–water partition coefficient (Wildman–Crippen LogP) is 9.54. The number of benzene rings is 5. The minimum atomic E-state index is -0.398. The van der Waals surface area contributed by atoms with Crippen molar-refractivity contribution in [3.8, 4) is 11.1 Å². The number of hydrogen-bond acceptors (Lipinski definition) is 4. The molecule has 0 aliphatic carbocycles. The van der Waals surface area contributed by atoms with E-state index in [1.807, 2.05) is 22.7 Å². The van der Waals surface area contributed by atoms with Crippen LogP contribution in [0.15, 0.2) is 91.0 Å². The van der Waals surface area contributed by atoms with Crippen LogP contribution in [0, 0.1) is 0 Å². The molecule has 1 aliphatic heterocycles.